The summed E-state index contributed by atoms with van der Waals surface area (Å²) in [6.07, 6.45) is 4.00. The quantitative estimate of drug-likeness (QED) is 0.543. The molecule has 1 N–H and O–H groups in total. The monoisotopic (exact) mass is 356 g/mol. The van der Waals surface area contributed by atoms with Crippen LogP contribution in [0, 0.1) is 13.8 Å². The third-order valence-electron chi connectivity index (χ3n) is 5.92. The molecule has 1 aliphatic rings. The van der Waals surface area contributed by atoms with Gasteiger partial charge >= 0.3 is 0 Å². The van der Waals surface area contributed by atoms with Crippen molar-refractivity contribution in [3.8, 4) is 0 Å². The number of aryl methyl sites for hydroxylation is 2. The van der Waals surface area contributed by atoms with Gasteiger partial charge in [-0.3, -0.25) is 0 Å². The van der Waals surface area contributed by atoms with Gasteiger partial charge in [0.05, 0.1) is 5.52 Å². The molecular formula is C23H24N4. The first kappa shape index (κ1) is 16.3. The van der Waals surface area contributed by atoms with Gasteiger partial charge in [-0.25, -0.2) is 9.97 Å². The summed E-state index contributed by atoms with van der Waals surface area (Å²) in [6, 6.07) is 15.1. The first-order valence-corrected chi connectivity index (χ1v) is 9.74. The highest BCUT2D eigenvalue weighted by Gasteiger charge is 2.26. The van der Waals surface area contributed by atoms with Gasteiger partial charge in [0, 0.05) is 35.1 Å². The highest BCUT2D eigenvalue weighted by Crippen LogP contribution is 2.37. The standard InChI is InChI=1S/C23H24N4/c1-15-7-8-20-19(13-15)23(25-14-24-20)27-11-9-17(10-12-27)22-16(2)26-21-6-4-3-5-18(21)22/h3-8,13-14,17,26H,9-12H2,1-2H3. The maximum atomic E-state index is 4.64. The molecule has 0 unspecified atom stereocenters. The maximum absolute atomic E-state index is 4.64. The zero-order chi connectivity index (χ0) is 18.4. The van der Waals surface area contributed by atoms with Crippen LogP contribution in [0.2, 0.25) is 0 Å². The normalized spacial score (nSPS) is 15.7. The lowest BCUT2D eigenvalue weighted by Crippen LogP contribution is -2.33. The van der Waals surface area contributed by atoms with Crippen LogP contribution in [0.3, 0.4) is 0 Å². The number of H-pyrrole nitrogens is 1. The van der Waals surface area contributed by atoms with Crippen molar-refractivity contribution in [2.75, 3.05) is 18.0 Å². The first-order valence-electron chi connectivity index (χ1n) is 9.74. The summed E-state index contributed by atoms with van der Waals surface area (Å²) < 4.78 is 0. The van der Waals surface area contributed by atoms with Gasteiger partial charge in [0.15, 0.2) is 0 Å². The Balaban J connectivity index is 1.44. The topological polar surface area (TPSA) is 44.8 Å². The van der Waals surface area contributed by atoms with Crippen molar-refractivity contribution < 1.29 is 0 Å². The number of para-hydroxylation sites is 1. The van der Waals surface area contributed by atoms with Gasteiger partial charge in [-0.1, -0.05) is 29.8 Å². The van der Waals surface area contributed by atoms with Crippen LogP contribution < -0.4 is 4.90 Å². The minimum atomic E-state index is 0.604. The van der Waals surface area contributed by atoms with Crippen LogP contribution in [-0.2, 0) is 0 Å². The lowest BCUT2D eigenvalue weighted by atomic mass is 9.87. The molecule has 0 saturated carbocycles. The smallest absolute Gasteiger partial charge is 0.139 e. The van der Waals surface area contributed by atoms with Crippen LogP contribution in [0.15, 0.2) is 48.8 Å². The number of aromatic nitrogens is 3. The summed E-state index contributed by atoms with van der Waals surface area (Å²) in [4.78, 5) is 15.1. The highest BCUT2D eigenvalue weighted by molar-refractivity contribution is 5.90. The molecule has 4 heteroatoms. The number of hydrogen-bond donors (Lipinski definition) is 1. The molecule has 3 heterocycles. The van der Waals surface area contributed by atoms with Crippen LogP contribution in [0.5, 0.6) is 0 Å². The number of anilines is 1. The molecule has 27 heavy (non-hydrogen) atoms. The molecule has 4 nitrogen and oxygen atoms in total. The Hall–Kier alpha value is -2.88. The lowest BCUT2D eigenvalue weighted by molar-refractivity contribution is 0.504. The number of nitrogens with zero attached hydrogens (tertiary/aromatic N) is 3. The summed E-state index contributed by atoms with van der Waals surface area (Å²) in [5.74, 6) is 1.69. The second kappa shape index (κ2) is 6.38. The molecule has 0 radical (unpaired) electrons. The van der Waals surface area contributed by atoms with E-state index in [0.717, 1.165) is 37.3 Å². The SMILES string of the molecule is Cc1ccc2ncnc(N3CCC(c4c(C)[nH]c5ccccc45)CC3)c2c1. The van der Waals surface area contributed by atoms with Crippen molar-refractivity contribution >= 4 is 27.6 Å². The molecule has 0 spiro atoms. The second-order valence-corrected chi connectivity index (χ2v) is 7.69. The van der Waals surface area contributed by atoms with Crippen molar-refractivity contribution in [1.82, 2.24) is 15.0 Å². The Labute approximate surface area is 159 Å². The largest absolute Gasteiger partial charge is 0.358 e. The fourth-order valence-electron chi connectivity index (χ4n) is 4.61. The third kappa shape index (κ3) is 2.76. The summed E-state index contributed by atoms with van der Waals surface area (Å²) in [6.45, 7) is 6.40. The van der Waals surface area contributed by atoms with Crippen LogP contribution >= 0.6 is 0 Å². The van der Waals surface area contributed by atoms with E-state index in [2.05, 4.69) is 76.2 Å². The molecule has 136 valence electrons. The van der Waals surface area contributed by atoms with Crippen molar-refractivity contribution in [3.63, 3.8) is 0 Å². The predicted molar refractivity (Wildman–Crippen MR) is 111 cm³/mol. The van der Waals surface area contributed by atoms with E-state index >= 15 is 0 Å². The minimum absolute atomic E-state index is 0.604. The number of benzene rings is 2. The van der Waals surface area contributed by atoms with E-state index in [9.17, 15) is 0 Å². The number of aromatic amines is 1. The van der Waals surface area contributed by atoms with Crippen LogP contribution in [0.4, 0.5) is 5.82 Å². The second-order valence-electron chi connectivity index (χ2n) is 7.69. The number of hydrogen-bond acceptors (Lipinski definition) is 3. The van der Waals surface area contributed by atoms with Crippen LogP contribution in [0.1, 0.15) is 35.6 Å². The molecule has 0 amide bonds. The zero-order valence-corrected chi connectivity index (χ0v) is 15.9. The minimum Gasteiger partial charge on any atom is -0.358 e. The zero-order valence-electron chi connectivity index (χ0n) is 15.9. The van der Waals surface area contributed by atoms with Gasteiger partial charge < -0.3 is 9.88 Å². The van der Waals surface area contributed by atoms with Crippen LogP contribution in [-0.4, -0.2) is 28.0 Å². The Morgan fingerprint density at radius 2 is 1.78 bits per heavy atom. The van der Waals surface area contributed by atoms with E-state index in [1.807, 2.05) is 0 Å². The summed E-state index contributed by atoms with van der Waals surface area (Å²) in [7, 11) is 0. The van der Waals surface area contributed by atoms with E-state index in [-0.39, 0.29) is 0 Å². The Morgan fingerprint density at radius 1 is 0.963 bits per heavy atom. The van der Waals surface area contributed by atoms with E-state index in [1.165, 1.54) is 33.1 Å². The molecule has 2 aromatic heterocycles. The summed E-state index contributed by atoms with van der Waals surface area (Å²) in [5, 5.41) is 2.55. The number of piperidine rings is 1. The fourth-order valence-corrected chi connectivity index (χ4v) is 4.61. The van der Waals surface area contributed by atoms with Gasteiger partial charge in [-0.05, 0) is 56.4 Å². The maximum Gasteiger partial charge on any atom is 0.139 e. The molecular weight excluding hydrogens is 332 g/mol. The Kier molecular flexibility index (Phi) is 3.85. The van der Waals surface area contributed by atoms with Crippen molar-refractivity contribution in [1.29, 1.82) is 0 Å². The molecule has 1 fully saturated rings. The molecule has 4 aromatic rings. The first-order chi connectivity index (χ1) is 13.2. The molecule has 0 aliphatic carbocycles. The number of rotatable bonds is 2. The Bertz CT molecular complexity index is 1120. The highest BCUT2D eigenvalue weighted by atomic mass is 15.2. The molecule has 0 bridgehead atoms. The van der Waals surface area contributed by atoms with E-state index in [0.29, 0.717) is 5.92 Å². The van der Waals surface area contributed by atoms with Gasteiger partial charge in [-0.15, -0.1) is 0 Å². The molecule has 1 aliphatic heterocycles. The molecule has 2 aromatic carbocycles. The van der Waals surface area contributed by atoms with Crippen molar-refractivity contribution in [3.05, 3.63) is 65.6 Å². The van der Waals surface area contributed by atoms with E-state index in [4.69, 9.17) is 0 Å². The molecule has 0 atom stereocenters. The third-order valence-corrected chi connectivity index (χ3v) is 5.92. The summed E-state index contributed by atoms with van der Waals surface area (Å²) in [5.41, 5.74) is 6.36. The lowest BCUT2D eigenvalue weighted by Gasteiger charge is -2.33. The Morgan fingerprint density at radius 3 is 2.63 bits per heavy atom. The van der Waals surface area contributed by atoms with E-state index in [1.54, 1.807) is 6.33 Å². The van der Waals surface area contributed by atoms with Crippen LogP contribution in [0.25, 0.3) is 21.8 Å². The molecule has 5 rings (SSSR count). The fraction of sp³-hybridized carbons (Fsp3) is 0.304. The van der Waals surface area contributed by atoms with Crippen molar-refractivity contribution in [2.24, 2.45) is 0 Å². The predicted octanol–water partition coefficient (Wildman–Crippen LogP) is 5.11. The van der Waals surface area contributed by atoms with Gasteiger partial charge in [0.1, 0.15) is 12.1 Å². The van der Waals surface area contributed by atoms with Crippen molar-refractivity contribution in [2.45, 2.75) is 32.6 Å². The van der Waals surface area contributed by atoms with Gasteiger partial charge in [0.25, 0.3) is 0 Å². The number of nitrogens with one attached hydrogen (secondary N) is 1. The number of fused-ring (bicyclic) bond motifs is 2. The van der Waals surface area contributed by atoms with Gasteiger partial charge in [-0.2, -0.15) is 0 Å². The average Bonchev–Trinajstić information content (AvgIpc) is 3.03. The average molecular weight is 356 g/mol. The summed E-state index contributed by atoms with van der Waals surface area (Å²) >= 11 is 0. The van der Waals surface area contributed by atoms with E-state index < -0.39 is 0 Å². The van der Waals surface area contributed by atoms with Gasteiger partial charge in [0.2, 0.25) is 0 Å². The molecule has 1 saturated heterocycles.